The molecule has 0 aromatic carbocycles. The molecule has 76 valence electrons. The monoisotopic (exact) mass is 288 g/mol. The maximum absolute atomic E-state index is 9.22. The van der Waals surface area contributed by atoms with Crippen LogP contribution in [0.25, 0.3) is 0 Å². The Morgan fingerprint density at radius 1 is 1.46 bits per heavy atom. The molecule has 0 bridgehead atoms. The second-order valence-corrected chi connectivity index (χ2v) is 3.07. The molecule has 0 fully saturated rings. The maximum atomic E-state index is 9.22. The van der Waals surface area contributed by atoms with E-state index in [1.54, 1.807) is 12.3 Å². The van der Waals surface area contributed by atoms with Gasteiger partial charge in [-0.05, 0) is 28.1 Å². The van der Waals surface area contributed by atoms with Crippen molar-refractivity contribution >= 4 is 40.7 Å². The molecule has 3 nitrogen and oxygen atoms in total. The normalized spacial score (nSPS) is 11.0. The number of hydrogen-bond donors (Lipinski definition) is 2. The Balaban J connectivity index is 0. The van der Waals surface area contributed by atoms with E-state index in [1.807, 2.05) is 6.07 Å². The van der Waals surface area contributed by atoms with Gasteiger partial charge in [0, 0.05) is 17.2 Å². The highest BCUT2D eigenvalue weighted by Crippen LogP contribution is 2.12. The predicted molar refractivity (Wildman–Crippen MR) is 60.4 cm³/mol. The molecule has 6 heteroatoms. The lowest BCUT2D eigenvalue weighted by Crippen LogP contribution is -2.12. The molecule has 0 aliphatic carbocycles. The standard InChI is InChI=1S/C7H9BrN2O.2ClH/c8-5-1-2-6(10-4-5)7(11)3-9;;/h1-2,4,7,11H,3,9H2;2*1H. The minimum atomic E-state index is -0.650. The number of rotatable bonds is 2. The molecule has 0 radical (unpaired) electrons. The van der Waals surface area contributed by atoms with Crippen molar-refractivity contribution in [2.24, 2.45) is 5.73 Å². The second kappa shape index (κ2) is 7.53. The number of nitrogens with two attached hydrogens (primary N) is 1. The van der Waals surface area contributed by atoms with Crippen LogP contribution in [0.1, 0.15) is 11.8 Å². The van der Waals surface area contributed by atoms with Gasteiger partial charge in [-0.3, -0.25) is 4.98 Å². The topological polar surface area (TPSA) is 59.1 Å². The average molecular weight is 290 g/mol. The fourth-order valence-corrected chi connectivity index (χ4v) is 0.940. The van der Waals surface area contributed by atoms with Crippen molar-refractivity contribution in [2.75, 3.05) is 6.54 Å². The van der Waals surface area contributed by atoms with E-state index in [1.165, 1.54) is 0 Å². The van der Waals surface area contributed by atoms with Crippen LogP contribution in [0, 0.1) is 0 Å². The first-order valence-electron chi connectivity index (χ1n) is 3.23. The molecule has 0 saturated heterocycles. The van der Waals surface area contributed by atoms with Crippen LogP contribution in [0.4, 0.5) is 0 Å². The summed E-state index contributed by atoms with van der Waals surface area (Å²) in [7, 11) is 0. The molecule has 0 saturated carbocycles. The van der Waals surface area contributed by atoms with Crippen LogP contribution >= 0.6 is 40.7 Å². The van der Waals surface area contributed by atoms with Crippen LogP contribution in [0.3, 0.4) is 0 Å². The van der Waals surface area contributed by atoms with Gasteiger partial charge in [0.2, 0.25) is 0 Å². The number of pyridine rings is 1. The van der Waals surface area contributed by atoms with Crippen molar-refractivity contribution in [3.05, 3.63) is 28.5 Å². The van der Waals surface area contributed by atoms with E-state index in [0.29, 0.717) is 5.69 Å². The number of halogens is 3. The van der Waals surface area contributed by atoms with Gasteiger partial charge in [0.25, 0.3) is 0 Å². The van der Waals surface area contributed by atoms with Gasteiger partial charge < -0.3 is 10.8 Å². The second-order valence-electron chi connectivity index (χ2n) is 2.15. The Hall–Kier alpha value is 0.130. The van der Waals surface area contributed by atoms with Crippen LogP contribution in [-0.2, 0) is 0 Å². The van der Waals surface area contributed by atoms with Crippen molar-refractivity contribution < 1.29 is 5.11 Å². The summed E-state index contributed by atoms with van der Waals surface area (Å²) in [5.41, 5.74) is 5.85. The third kappa shape index (κ3) is 4.78. The number of aromatic nitrogens is 1. The lowest BCUT2D eigenvalue weighted by atomic mass is 10.2. The van der Waals surface area contributed by atoms with Gasteiger partial charge in [-0.2, -0.15) is 0 Å². The van der Waals surface area contributed by atoms with Crippen molar-refractivity contribution in [1.82, 2.24) is 4.98 Å². The smallest absolute Gasteiger partial charge is 0.108 e. The number of aliphatic hydroxyl groups is 1. The van der Waals surface area contributed by atoms with Gasteiger partial charge in [-0.25, -0.2) is 0 Å². The van der Waals surface area contributed by atoms with E-state index >= 15 is 0 Å². The highest BCUT2D eigenvalue weighted by Gasteiger charge is 2.04. The fourth-order valence-electron chi connectivity index (χ4n) is 0.705. The summed E-state index contributed by atoms with van der Waals surface area (Å²) in [5.74, 6) is 0. The van der Waals surface area contributed by atoms with Crippen molar-refractivity contribution in [1.29, 1.82) is 0 Å². The molecule has 3 N–H and O–H groups in total. The van der Waals surface area contributed by atoms with Gasteiger partial charge in [0.05, 0.1) is 5.69 Å². The average Bonchev–Trinajstić information content (AvgIpc) is 2.05. The fraction of sp³-hybridized carbons (Fsp3) is 0.286. The summed E-state index contributed by atoms with van der Waals surface area (Å²) in [6, 6.07) is 3.56. The third-order valence-electron chi connectivity index (χ3n) is 1.31. The zero-order valence-electron chi connectivity index (χ0n) is 6.68. The quantitative estimate of drug-likeness (QED) is 0.871. The van der Waals surface area contributed by atoms with Gasteiger partial charge in [0.15, 0.2) is 0 Å². The van der Waals surface area contributed by atoms with Crippen LogP contribution in [0.2, 0.25) is 0 Å². The van der Waals surface area contributed by atoms with Crippen molar-refractivity contribution in [3.63, 3.8) is 0 Å². The third-order valence-corrected chi connectivity index (χ3v) is 1.78. The molecule has 0 spiro atoms. The highest BCUT2D eigenvalue weighted by atomic mass is 79.9. The van der Waals surface area contributed by atoms with E-state index in [4.69, 9.17) is 5.73 Å². The van der Waals surface area contributed by atoms with Crippen LogP contribution in [0.5, 0.6) is 0 Å². The molecule has 0 amide bonds. The van der Waals surface area contributed by atoms with E-state index in [-0.39, 0.29) is 31.4 Å². The molecule has 1 atom stereocenters. The number of aliphatic hydroxyl groups excluding tert-OH is 1. The molecule has 1 rings (SSSR count). The van der Waals surface area contributed by atoms with Gasteiger partial charge >= 0.3 is 0 Å². The molecular formula is C7H11BrCl2N2O. The largest absolute Gasteiger partial charge is 0.385 e. The minimum absolute atomic E-state index is 0. The van der Waals surface area contributed by atoms with Crippen molar-refractivity contribution in [3.8, 4) is 0 Å². The lowest BCUT2D eigenvalue weighted by Gasteiger charge is -2.05. The number of nitrogens with zero attached hydrogens (tertiary/aromatic N) is 1. The highest BCUT2D eigenvalue weighted by molar-refractivity contribution is 9.10. The van der Waals surface area contributed by atoms with E-state index < -0.39 is 6.10 Å². The molecule has 0 aliphatic rings. The zero-order chi connectivity index (χ0) is 8.27. The Morgan fingerprint density at radius 2 is 2.08 bits per heavy atom. The lowest BCUT2D eigenvalue weighted by molar-refractivity contribution is 0.182. The van der Waals surface area contributed by atoms with E-state index in [2.05, 4.69) is 20.9 Å². The summed E-state index contributed by atoms with van der Waals surface area (Å²) >= 11 is 3.24. The Morgan fingerprint density at radius 3 is 2.46 bits per heavy atom. The summed E-state index contributed by atoms with van der Waals surface area (Å²) in [5, 5.41) is 9.22. The summed E-state index contributed by atoms with van der Waals surface area (Å²) in [6.45, 7) is 0.203. The molecular weight excluding hydrogens is 279 g/mol. The summed E-state index contributed by atoms with van der Waals surface area (Å²) < 4.78 is 0.894. The summed E-state index contributed by atoms with van der Waals surface area (Å²) in [6.07, 6.45) is 0.983. The number of hydrogen-bond acceptors (Lipinski definition) is 3. The maximum Gasteiger partial charge on any atom is 0.108 e. The predicted octanol–water partition coefficient (Wildman–Crippen LogP) is 1.68. The van der Waals surface area contributed by atoms with Gasteiger partial charge in [-0.15, -0.1) is 24.8 Å². The molecule has 1 aromatic heterocycles. The Bertz CT molecular complexity index is 232. The molecule has 1 aromatic rings. The zero-order valence-corrected chi connectivity index (χ0v) is 9.90. The van der Waals surface area contributed by atoms with E-state index in [0.717, 1.165) is 4.47 Å². The minimum Gasteiger partial charge on any atom is -0.385 e. The first-order valence-corrected chi connectivity index (χ1v) is 4.03. The van der Waals surface area contributed by atoms with Crippen LogP contribution < -0.4 is 5.73 Å². The Kier molecular flexibility index (Phi) is 9.03. The SMILES string of the molecule is Cl.Cl.NCC(O)c1ccc(Br)cn1. The van der Waals surface area contributed by atoms with Crippen LogP contribution in [-0.4, -0.2) is 16.6 Å². The molecule has 0 aliphatic heterocycles. The summed E-state index contributed by atoms with van der Waals surface area (Å²) in [4.78, 5) is 3.97. The first kappa shape index (κ1) is 15.6. The Labute approximate surface area is 97.7 Å². The molecule has 1 unspecified atom stereocenters. The van der Waals surface area contributed by atoms with Crippen molar-refractivity contribution in [2.45, 2.75) is 6.10 Å². The van der Waals surface area contributed by atoms with Gasteiger partial charge in [-0.1, -0.05) is 0 Å². The van der Waals surface area contributed by atoms with Crippen LogP contribution in [0.15, 0.2) is 22.8 Å². The van der Waals surface area contributed by atoms with Gasteiger partial charge in [0.1, 0.15) is 6.10 Å². The molecule has 1 heterocycles. The first-order chi connectivity index (χ1) is 5.24. The van der Waals surface area contributed by atoms with E-state index in [9.17, 15) is 5.11 Å². The molecule has 13 heavy (non-hydrogen) atoms.